The van der Waals surface area contributed by atoms with E-state index in [-0.39, 0.29) is 18.6 Å². The van der Waals surface area contributed by atoms with Crippen molar-refractivity contribution in [3.63, 3.8) is 0 Å². The van der Waals surface area contributed by atoms with E-state index in [1.165, 1.54) is 0 Å². The maximum atomic E-state index is 10.1. The predicted octanol–water partition coefficient (Wildman–Crippen LogP) is 1.81. The van der Waals surface area contributed by atoms with E-state index in [2.05, 4.69) is 20.8 Å². The molecule has 0 radical (unpaired) electrons. The van der Waals surface area contributed by atoms with Gasteiger partial charge in [-0.2, -0.15) is 0 Å². The van der Waals surface area contributed by atoms with Crippen LogP contribution in [0.3, 0.4) is 0 Å². The van der Waals surface area contributed by atoms with E-state index in [4.69, 9.17) is 47.7 Å². The number of benzene rings is 1. The van der Waals surface area contributed by atoms with Gasteiger partial charge in [-0.3, -0.25) is 0 Å². The van der Waals surface area contributed by atoms with E-state index in [9.17, 15) is 5.11 Å². The molecule has 1 unspecified atom stereocenters. The third kappa shape index (κ3) is 21.1. The number of rotatable bonds is 27. The van der Waals surface area contributed by atoms with E-state index in [1.54, 1.807) is 0 Å². The second-order valence-electron chi connectivity index (χ2n) is 9.40. The van der Waals surface area contributed by atoms with Crippen molar-refractivity contribution in [3.8, 4) is 5.75 Å². The average Bonchev–Trinajstić information content (AvgIpc) is 2.91. The van der Waals surface area contributed by atoms with Crippen LogP contribution in [0.4, 0.5) is 0 Å². The summed E-state index contributed by atoms with van der Waals surface area (Å²) in [6.45, 7) is 13.3. The molecule has 39 heavy (non-hydrogen) atoms. The van der Waals surface area contributed by atoms with Crippen molar-refractivity contribution in [3.05, 3.63) is 29.8 Å². The normalized spacial score (nSPS) is 12.6. The highest BCUT2D eigenvalue weighted by Crippen LogP contribution is 2.31. The van der Waals surface area contributed by atoms with Gasteiger partial charge in [0.2, 0.25) is 6.29 Å². The zero-order valence-corrected chi connectivity index (χ0v) is 24.0. The standard InChI is InChI=1S/C28H50O11/c1-28(2,3)25-6-4-5-7-26(25)39-27(30)24-38-23-22-37-21-20-36-19-18-35-17-16-34-15-14-33-13-12-32-11-10-31-9-8-29/h4-7,27,29-30H,8-24H2,1-3H3. The topological polar surface area (TPSA) is 124 Å². The maximum absolute atomic E-state index is 10.1. The van der Waals surface area contributed by atoms with Gasteiger partial charge in [-0.1, -0.05) is 39.0 Å². The molecule has 1 aromatic rings. The monoisotopic (exact) mass is 562 g/mol. The summed E-state index contributed by atoms with van der Waals surface area (Å²) in [5, 5.41) is 18.7. The highest BCUT2D eigenvalue weighted by molar-refractivity contribution is 5.38. The zero-order valence-electron chi connectivity index (χ0n) is 24.0. The number of hydrogen-bond acceptors (Lipinski definition) is 11. The van der Waals surface area contributed by atoms with Crippen LogP contribution in [-0.4, -0.2) is 129 Å². The minimum Gasteiger partial charge on any atom is -0.462 e. The van der Waals surface area contributed by atoms with Crippen LogP contribution in [0, 0.1) is 0 Å². The fourth-order valence-electron chi connectivity index (χ4n) is 3.16. The molecule has 0 aromatic heterocycles. The summed E-state index contributed by atoms with van der Waals surface area (Å²) in [5.41, 5.74) is 0.948. The Morgan fingerprint density at radius 3 is 1.31 bits per heavy atom. The van der Waals surface area contributed by atoms with Gasteiger partial charge in [0.15, 0.2) is 0 Å². The second kappa shape index (κ2) is 24.4. The van der Waals surface area contributed by atoms with E-state index in [0.29, 0.717) is 105 Å². The highest BCUT2D eigenvalue weighted by atomic mass is 16.6. The van der Waals surface area contributed by atoms with Crippen LogP contribution >= 0.6 is 0 Å². The molecule has 2 N–H and O–H groups in total. The summed E-state index contributed by atoms with van der Waals surface area (Å²) < 4.78 is 48.7. The van der Waals surface area contributed by atoms with Crippen LogP contribution in [-0.2, 0) is 43.3 Å². The SMILES string of the molecule is CC(C)(C)c1ccccc1OC(O)COCCOCCOCCOCCOCCOCCOCCOCCO. The van der Waals surface area contributed by atoms with Crippen molar-refractivity contribution in [2.24, 2.45) is 0 Å². The summed E-state index contributed by atoms with van der Waals surface area (Å²) in [6, 6.07) is 7.69. The van der Waals surface area contributed by atoms with Crippen LogP contribution < -0.4 is 4.74 Å². The van der Waals surface area contributed by atoms with Gasteiger partial charge in [-0.05, 0) is 17.0 Å². The first kappa shape index (κ1) is 35.6. The Morgan fingerprint density at radius 1 is 0.564 bits per heavy atom. The molecule has 1 rings (SSSR count). The summed E-state index contributed by atoms with van der Waals surface area (Å²) >= 11 is 0. The summed E-state index contributed by atoms with van der Waals surface area (Å²) in [5.74, 6) is 0.660. The Bertz CT molecular complexity index is 669. The summed E-state index contributed by atoms with van der Waals surface area (Å²) in [7, 11) is 0. The summed E-state index contributed by atoms with van der Waals surface area (Å²) in [4.78, 5) is 0. The number of hydrogen-bond donors (Lipinski definition) is 2. The van der Waals surface area contributed by atoms with E-state index in [0.717, 1.165) is 5.56 Å². The van der Waals surface area contributed by atoms with E-state index >= 15 is 0 Å². The molecule has 1 aromatic carbocycles. The van der Waals surface area contributed by atoms with Crippen LogP contribution in [0.15, 0.2) is 24.3 Å². The molecule has 0 aliphatic heterocycles. The minimum absolute atomic E-state index is 0.0230. The van der Waals surface area contributed by atoms with Gasteiger partial charge >= 0.3 is 0 Å². The lowest BCUT2D eigenvalue weighted by molar-refractivity contribution is -0.0865. The van der Waals surface area contributed by atoms with Crippen molar-refractivity contribution < 1.29 is 52.8 Å². The molecule has 1 atom stereocenters. The molecule has 0 aliphatic rings. The number of aliphatic hydroxyl groups excluding tert-OH is 2. The van der Waals surface area contributed by atoms with Gasteiger partial charge in [-0.25, -0.2) is 0 Å². The van der Waals surface area contributed by atoms with Crippen molar-refractivity contribution in [1.82, 2.24) is 0 Å². The van der Waals surface area contributed by atoms with Crippen LogP contribution in [0.1, 0.15) is 26.3 Å². The summed E-state index contributed by atoms with van der Waals surface area (Å²) in [6.07, 6.45) is -1.05. The van der Waals surface area contributed by atoms with Gasteiger partial charge in [0.1, 0.15) is 12.4 Å². The second-order valence-corrected chi connectivity index (χ2v) is 9.40. The van der Waals surface area contributed by atoms with Crippen molar-refractivity contribution in [2.45, 2.75) is 32.5 Å². The Balaban J connectivity index is 1.79. The minimum atomic E-state index is -1.05. The molecule has 228 valence electrons. The maximum Gasteiger partial charge on any atom is 0.221 e. The molecule has 0 heterocycles. The molecular formula is C28H50O11. The Morgan fingerprint density at radius 2 is 0.923 bits per heavy atom. The lowest BCUT2D eigenvalue weighted by Crippen LogP contribution is -2.25. The first-order valence-electron chi connectivity index (χ1n) is 13.6. The molecule has 11 nitrogen and oxygen atoms in total. The molecule has 0 aliphatic carbocycles. The van der Waals surface area contributed by atoms with Gasteiger partial charge in [0.25, 0.3) is 0 Å². The molecule has 11 heteroatoms. The highest BCUT2D eigenvalue weighted by Gasteiger charge is 2.20. The molecule has 0 saturated heterocycles. The van der Waals surface area contributed by atoms with Crippen LogP contribution in [0.25, 0.3) is 0 Å². The van der Waals surface area contributed by atoms with Crippen LogP contribution in [0.5, 0.6) is 5.75 Å². The number of aliphatic hydroxyl groups is 2. The molecule has 0 bridgehead atoms. The Labute approximate surface area is 233 Å². The molecule has 0 saturated carbocycles. The Hall–Kier alpha value is -1.38. The molecular weight excluding hydrogens is 512 g/mol. The van der Waals surface area contributed by atoms with Gasteiger partial charge in [0, 0.05) is 0 Å². The number of ether oxygens (including phenoxy) is 9. The fourth-order valence-corrected chi connectivity index (χ4v) is 3.16. The molecule has 0 amide bonds. The largest absolute Gasteiger partial charge is 0.462 e. The first-order valence-corrected chi connectivity index (χ1v) is 13.6. The van der Waals surface area contributed by atoms with E-state index in [1.807, 2.05) is 24.3 Å². The molecule has 0 spiro atoms. The lowest BCUT2D eigenvalue weighted by Gasteiger charge is -2.24. The van der Waals surface area contributed by atoms with Crippen molar-refractivity contribution in [1.29, 1.82) is 0 Å². The predicted molar refractivity (Wildman–Crippen MR) is 145 cm³/mol. The van der Waals surface area contributed by atoms with Gasteiger partial charge in [-0.15, -0.1) is 0 Å². The van der Waals surface area contributed by atoms with Crippen LogP contribution in [0.2, 0.25) is 0 Å². The zero-order chi connectivity index (χ0) is 28.4. The smallest absolute Gasteiger partial charge is 0.221 e. The van der Waals surface area contributed by atoms with E-state index < -0.39 is 6.29 Å². The average molecular weight is 563 g/mol. The Kier molecular flexibility index (Phi) is 22.3. The quantitative estimate of drug-likeness (QED) is 0.121. The fraction of sp³-hybridized carbons (Fsp3) is 0.786. The van der Waals surface area contributed by atoms with Crippen molar-refractivity contribution in [2.75, 3.05) is 112 Å². The van der Waals surface area contributed by atoms with Gasteiger partial charge in [0.05, 0.1) is 106 Å². The first-order chi connectivity index (χ1) is 18.9. The third-order valence-electron chi connectivity index (χ3n) is 5.06. The van der Waals surface area contributed by atoms with Gasteiger partial charge < -0.3 is 52.8 Å². The third-order valence-corrected chi connectivity index (χ3v) is 5.06. The number of para-hydroxylation sites is 1. The lowest BCUT2D eigenvalue weighted by atomic mass is 9.86. The molecule has 0 fully saturated rings. The van der Waals surface area contributed by atoms with Crippen molar-refractivity contribution >= 4 is 0 Å².